The maximum Gasteiger partial charge on any atom is 0.315 e. The second kappa shape index (κ2) is 7.44. The second-order valence-electron chi connectivity index (χ2n) is 6.79. The van der Waals surface area contributed by atoms with E-state index in [0.29, 0.717) is 5.82 Å². The van der Waals surface area contributed by atoms with Crippen LogP contribution in [0.2, 0.25) is 0 Å². The van der Waals surface area contributed by atoms with E-state index in [1.165, 1.54) is 5.56 Å². The molecule has 24 heavy (non-hydrogen) atoms. The molecule has 0 fully saturated rings. The largest absolute Gasteiger partial charge is 0.387 e. The molecule has 1 aromatic carbocycles. The Labute approximate surface area is 142 Å². The summed E-state index contributed by atoms with van der Waals surface area (Å²) in [5, 5.41) is 19.5. The molecule has 0 aliphatic heterocycles. The molecule has 130 valence electrons. The van der Waals surface area contributed by atoms with Gasteiger partial charge in [-0.05, 0) is 16.5 Å². The van der Waals surface area contributed by atoms with Crippen LogP contribution in [0.25, 0.3) is 0 Å². The maximum absolute atomic E-state index is 11.7. The van der Waals surface area contributed by atoms with Gasteiger partial charge in [0, 0.05) is 13.6 Å². The fraction of sp³-hybridized carbons (Fsp3) is 0.471. The topological polar surface area (TPSA) is 92.1 Å². The summed E-state index contributed by atoms with van der Waals surface area (Å²) in [6.45, 7) is 6.79. The van der Waals surface area contributed by atoms with E-state index in [-0.39, 0.29) is 24.5 Å². The minimum atomic E-state index is -0.752. The molecular weight excluding hydrogens is 306 g/mol. The maximum atomic E-state index is 11.7. The van der Waals surface area contributed by atoms with Crippen molar-refractivity contribution in [2.24, 2.45) is 7.05 Å². The fourth-order valence-electron chi connectivity index (χ4n) is 2.20. The van der Waals surface area contributed by atoms with E-state index in [9.17, 15) is 9.90 Å². The SMILES string of the molecule is Cn1cnc(CNC(=O)NCC(O)c2ccc(C(C)(C)C)cc2)n1. The van der Waals surface area contributed by atoms with Gasteiger partial charge in [-0.3, -0.25) is 4.68 Å². The molecule has 1 unspecified atom stereocenters. The number of amides is 2. The summed E-state index contributed by atoms with van der Waals surface area (Å²) in [7, 11) is 1.76. The van der Waals surface area contributed by atoms with Gasteiger partial charge < -0.3 is 15.7 Å². The van der Waals surface area contributed by atoms with Crippen molar-refractivity contribution < 1.29 is 9.90 Å². The molecule has 3 N–H and O–H groups in total. The highest BCUT2D eigenvalue weighted by Crippen LogP contribution is 2.23. The molecule has 0 aliphatic rings. The smallest absolute Gasteiger partial charge is 0.315 e. The lowest BCUT2D eigenvalue weighted by molar-refractivity contribution is 0.173. The number of rotatable bonds is 5. The zero-order chi connectivity index (χ0) is 17.7. The number of aromatic nitrogens is 3. The molecule has 1 heterocycles. The molecule has 1 atom stereocenters. The molecule has 0 radical (unpaired) electrons. The highest BCUT2D eigenvalue weighted by molar-refractivity contribution is 5.73. The van der Waals surface area contributed by atoms with E-state index in [1.807, 2.05) is 24.3 Å². The third-order valence-electron chi connectivity index (χ3n) is 3.67. The molecule has 0 aliphatic carbocycles. The summed E-state index contributed by atoms with van der Waals surface area (Å²) in [5.41, 5.74) is 2.04. The molecule has 0 bridgehead atoms. The van der Waals surface area contributed by atoms with E-state index in [2.05, 4.69) is 41.5 Å². The zero-order valence-corrected chi connectivity index (χ0v) is 14.6. The molecule has 7 heteroatoms. The van der Waals surface area contributed by atoms with Crippen LogP contribution in [0, 0.1) is 0 Å². The lowest BCUT2D eigenvalue weighted by Gasteiger charge is -2.20. The Kier molecular flexibility index (Phi) is 5.56. The number of aliphatic hydroxyl groups excluding tert-OH is 1. The third kappa shape index (κ3) is 5.06. The van der Waals surface area contributed by atoms with Gasteiger partial charge in [0.05, 0.1) is 12.6 Å². The van der Waals surface area contributed by atoms with Crippen LogP contribution in [0.5, 0.6) is 0 Å². The van der Waals surface area contributed by atoms with Crippen LogP contribution in [0.3, 0.4) is 0 Å². The van der Waals surface area contributed by atoms with Crippen LogP contribution in [0.1, 0.15) is 43.8 Å². The second-order valence-corrected chi connectivity index (χ2v) is 6.79. The number of benzene rings is 1. The summed E-state index contributed by atoms with van der Waals surface area (Å²) in [5.74, 6) is 0.533. The molecule has 0 saturated carbocycles. The molecule has 2 aromatic rings. The molecule has 0 saturated heterocycles. The number of aliphatic hydroxyl groups is 1. The quantitative estimate of drug-likeness (QED) is 0.777. The first kappa shape index (κ1) is 17.9. The minimum Gasteiger partial charge on any atom is -0.387 e. The van der Waals surface area contributed by atoms with Crippen LogP contribution >= 0.6 is 0 Å². The monoisotopic (exact) mass is 331 g/mol. The number of aryl methyl sites for hydroxylation is 1. The first-order valence-corrected chi connectivity index (χ1v) is 7.90. The molecule has 1 aromatic heterocycles. The Morgan fingerprint density at radius 2 is 1.92 bits per heavy atom. The van der Waals surface area contributed by atoms with Gasteiger partial charge in [-0.15, -0.1) is 0 Å². The number of nitrogens with one attached hydrogen (secondary N) is 2. The molecule has 7 nitrogen and oxygen atoms in total. The van der Waals surface area contributed by atoms with Crippen LogP contribution in [-0.2, 0) is 19.0 Å². The first-order valence-electron chi connectivity index (χ1n) is 7.90. The minimum absolute atomic E-state index is 0.0706. The summed E-state index contributed by atoms with van der Waals surface area (Å²) in [4.78, 5) is 15.8. The van der Waals surface area contributed by atoms with Crippen molar-refractivity contribution in [3.8, 4) is 0 Å². The normalized spacial score (nSPS) is 12.7. The molecule has 2 rings (SSSR count). The predicted molar refractivity (Wildman–Crippen MR) is 91.3 cm³/mol. The number of urea groups is 1. The van der Waals surface area contributed by atoms with Crippen molar-refractivity contribution in [2.75, 3.05) is 6.54 Å². The van der Waals surface area contributed by atoms with Gasteiger partial charge in [0.2, 0.25) is 0 Å². The molecule has 0 spiro atoms. The summed E-state index contributed by atoms with van der Waals surface area (Å²) >= 11 is 0. The van der Waals surface area contributed by atoms with Crippen molar-refractivity contribution in [1.82, 2.24) is 25.4 Å². The van der Waals surface area contributed by atoms with Crippen LogP contribution in [0.4, 0.5) is 4.79 Å². The van der Waals surface area contributed by atoms with E-state index in [0.717, 1.165) is 5.56 Å². The number of hydrogen-bond acceptors (Lipinski definition) is 4. The van der Waals surface area contributed by atoms with Crippen molar-refractivity contribution in [3.63, 3.8) is 0 Å². The Bertz CT molecular complexity index is 673. The van der Waals surface area contributed by atoms with Crippen LogP contribution in [-0.4, -0.2) is 32.4 Å². The summed E-state index contributed by atoms with van der Waals surface area (Å²) in [6, 6.07) is 7.43. The van der Waals surface area contributed by atoms with Gasteiger partial charge in [0.15, 0.2) is 5.82 Å². The highest BCUT2D eigenvalue weighted by Gasteiger charge is 2.15. The molecule has 2 amide bonds. The van der Waals surface area contributed by atoms with Gasteiger partial charge in [-0.25, -0.2) is 9.78 Å². The number of carbonyl (C=O) groups excluding carboxylic acids is 1. The van der Waals surface area contributed by atoms with E-state index < -0.39 is 6.10 Å². The van der Waals surface area contributed by atoms with Gasteiger partial charge >= 0.3 is 6.03 Å². The van der Waals surface area contributed by atoms with Gasteiger partial charge in [0.1, 0.15) is 6.33 Å². The van der Waals surface area contributed by atoms with Gasteiger partial charge in [-0.1, -0.05) is 45.0 Å². The predicted octanol–water partition coefficient (Wildman–Crippen LogP) is 1.65. The average Bonchev–Trinajstić information content (AvgIpc) is 2.95. The number of carbonyl (C=O) groups is 1. The summed E-state index contributed by atoms with van der Waals surface area (Å²) in [6.07, 6.45) is 0.817. The van der Waals surface area contributed by atoms with Crippen molar-refractivity contribution >= 4 is 6.03 Å². The number of nitrogens with zero attached hydrogens (tertiary/aromatic N) is 3. The van der Waals surface area contributed by atoms with E-state index in [1.54, 1.807) is 18.1 Å². The Balaban J connectivity index is 1.79. The number of hydrogen-bond donors (Lipinski definition) is 3. The lowest BCUT2D eigenvalue weighted by Crippen LogP contribution is -2.37. The van der Waals surface area contributed by atoms with Crippen molar-refractivity contribution in [1.29, 1.82) is 0 Å². The van der Waals surface area contributed by atoms with E-state index in [4.69, 9.17) is 0 Å². The fourth-order valence-corrected chi connectivity index (χ4v) is 2.20. The van der Waals surface area contributed by atoms with Gasteiger partial charge in [0.25, 0.3) is 0 Å². The van der Waals surface area contributed by atoms with Crippen LogP contribution in [0.15, 0.2) is 30.6 Å². The summed E-state index contributed by atoms with van der Waals surface area (Å²) < 4.78 is 1.57. The zero-order valence-electron chi connectivity index (χ0n) is 14.6. The highest BCUT2D eigenvalue weighted by atomic mass is 16.3. The van der Waals surface area contributed by atoms with Gasteiger partial charge in [-0.2, -0.15) is 5.10 Å². The average molecular weight is 331 g/mol. The Hall–Kier alpha value is -2.41. The van der Waals surface area contributed by atoms with Crippen molar-refractivity contribution in [3.05, 3.63) is 47.5 Å². The Morgan fingerprint density at radius 3 is 2.46 bits per heavy atom. The molecular formula is C17H25N5O2. The Morgan fingerprint density at radius 1 is 1.25 bits per heavy atom. The van der Waals surface area contributed by atoms with Crippen LogP contribution < -0.4 is 10.6 Å². The third-order valence-corrected chi connectivity index (χ3v) is 3.67. The standard InChI is InChI=1S/C17H25N5O2/c1-17(2,3)13-7-5-12(6-8-13)14(23)9-18-16(24)19-10-15-20-11-22(4)21-15/h5-8,11,14,23H,9-10H2,1-4H3,(H2,18,19,24). The van der Waals surface area contributed by atoms with E-state index >= 15 is 0 Å². The first-order chi connectivity index (χ1) is 11.3. The lowest BCUT2D eigenvalue weighted by atomic mass is 9.86. The van der Waals surface area contributed by atoms with Crippen molar-refractivity contribution in [2.45, 2.75) is 38.8 Å².